The number of halogens is 4. The second-order valence-corrected chi connectivity index (χ2v) is 4.71. The van der Waals surface area contributed by atoms with Crippen molar-refractivity contribution in [3.05, 3.63) is 23.9 Å². The van der Waals surface area contributed by atoms with Gasteiger partial charge in [-0.25, -0.2) is 9.37 Å². The van der Waals surface area contributed by atoms with Crippen LogP contribution in [0, 0.1) is 0 Å². The van der Waals surface area contributed by atoms with E-state index in [9.17, 15) is 17.6 Å². The molecule has 0 saturated carbocycles. The zero-order valence-electron chi connectivity index (χ0n) is 9.34. The van der Waals surface area contributed by atoms with Crippen molar-refractivity contribution in [2.24, 2.45) is 0 Å². The molecule has 1 aromatic rings. The highest BCUT2D eigenvalue weighted by Crippen LogP contribution is 2.39. The Morgan fingerprint density at radius 1 is 1.44 bits per heavy atom. The van der Waals surface area contributed by atoms with Crippen LogP contribution in [-0.4, -0.2) is 29.9 Å². The number of aromatic nitrogens is 1. The molecule has 0 aliphatic carbocycles. The summed E-state index contributed by atoms with van der Waals surface area (Å²) in [5.41, 5.74) is -0.799. The average molecular weight is 261 g/mol. The van der Waals surface area contributed by atoms with Crippen molar-refractivity contribution in [3.8, 4) is 0 Å². The molecule has 1 N–H and O–H groups in total. The van der Waals surface area contributed by atoms with E-state index in [-0.39, 0.29) is 18.4 Å². The number of alkyl halides is 4. The van der Waals surface area contributed by atoms with Crippen molar-refractivity contribution in [3.63, 3.8) is 0 Å². The van der Waals surface area contributed by atoms with E-state index in [1.54, 1.807) is 0 Å². The summed E-state index contributed by atoms with van der Waals surface area (Å²) in [5.74, 6) is -1.56. The molecule has 98 valence electrons. The molecule has 0 spiro atoms. The highest BCUT2D eigenvalue weighted by atomic mass is 19.4. The number of piperazine rings is 1. The number of hydrogen-bond donors (Lipinski definition) is 1. The summed E-state index contributed by atoms with van der Waals surface area (Å²) < 4.78 is 52.2. The highest BCUT2D eigenvalue weighted by Gasteiger charge is 2.52. The smallest absolute Gasteiger partial charge is 0.322 e. The largest absolute Gasteiger partial charge is 0.416 e. The fraction of sp³-hybridized carbons (Fsp3) is 0.545. The molecule has 2 atom stereocenters. The van der Waals surface area contributed by atoms with Crippen LogP contribution in [0.1, 0.15) is 12.0 Å². The zero-order chi connectivity index (χ0) is 13.0. The predicted molar refractivity (Wildman–Crippen MR) is 56.8 cm³/mol. The first-order valence-corrected chi connectivity index (χ1v) is 5.62. The molecule has 0 aromatic carbocycles. The summed E-state index contributed by atoms with van der Waals surface area (Å²) in [5, 5.41) is 2.97. The van der Waals surface area contributed by atoms with Gasteiger partial charge in [0.05, 0.1) is 5.56 Å². The number of nitrogens with zero attached hydrogens (tertiary/aromatic N) is 2. The Hall–Kier alpha value is -1.37. The minimum Gasteiger partial charge on any atom is -0.322 e. The fourth-order valence-electron chi connectivity index (χ4n) is 2.58. The first kappa shape index (κ1) is 11.7. The third kappa shape index (κ3) is 1.73. The van der Waals surface area contributed by atoms with Crippen LogP contribution in [0.15, 0.2) is 18.3 Å². The van der Waals surface area contributed by atoms with E-state index in [1.165, 1.54) is 4.90 Å². The Morgan fingerprint density at radius 2 is 2.22 bits per heavy atom. The first-order chi connectivity index (χ1) is 8.38. The number of anilines is 1. The average Bonchev–Trinajstić information content (AvgIpc) is 2.83. The van der Waals surface area contributed by atoms with Gasteiger partial charge in [-0.1, -0.05) is 0 Å². The quantitative estimate of drug-likeness (QED) is 0.618. The molecule has 2 aliphatic rings. The van der Waals surface area contributed by atoms with Crippen LogP contribution in [-0.2, 0) is 6.18 Å². The summed E-state index contributed by atoms with van der Waals surface area (Å²) in [6.07, 6.45) is -3.07. The Labute approximate surface area is 101 Å². The van der Waals surface area contributed by atoms with Crippen molar-refractivity contribution in [1.82, 2.24) is 10.3 Å². The maximum atomic E-state index is 14.4. The molecule has 18 heavy (non-hydrogen) atoms. The van der Waals surface area contributed by atoms with Gasteiger partial charge in [0.25, 0.3) is 0 Å². The lowest BCUT2D eigenvalue weighted by Gasteiger charge is -2.33. The Kier molecular flexibility index (Phi) is 2.32. The van der Waals surface area contributed by atoms with E-state index in [2.05, 4.69) is 10.3 Å². The molecule has 2 aliphatic heterocycles. The van der Waals surface area contributed by atoms with Gasteiger partial charge in [0.15, 0.2) is 5.79 Å². The molecule has 0 amide bonds. The maximum Gasteiger partial charge on any atom is 0.416 e. The molecule has 2 unspecified atom stereocenters. The summed E-state index contributed by atoms with van der Waals surface area (Å²) in [6, 6.07) is 1.79. The van der Waals surface area contributed by atoms with E-state index in [0.717, 1.165) is 18.3 Å². The van der Waals surface area contributed by atoms with Crippen LogP contribution in [0.5, 0.6) is 0 Å². The van der Waals surface area contributed by atoms with Gasteiger partial charge in [-0.05, 0) is 12.1 Å². The number of fused-ring (bicyclic) bond motifs is 2. The molecule has 7 heteroatoms. The SMILES string of the molecule is FC(F)(F)c1ccnc(N2CC3CC2(F)CN3)c1. The summed E-state index contributed by atoms with van der Waals surface area (Å²) in [6.45, 7) is 0.487. The Balaban J connectivity index is 1.94. The molecule has 0 radical (unpaired) electrons. The lowest BCUT2D eigenvalue weighted by atomic mass is 10.2. The van der Waals surface area contributed by atoms with E-state index in [1.807, 2.05) is 0 Å². The molecule has 2 fully saturated rings. The lowest BCUT2D eigenvalue weighted by Crippen LogP contribution is -2.50. The van der Waals surface area contributed by atoms with Gasteiger partial charge in [-0.3, -0.25) is 0 Å². The van der Waals surface area contributed by atoms with Crippen LogP contribution >= 0.6 is 0 Å². The van der Waals surface area contributed by atoms with Gasteiger partial charge in [0.1, 0.15) is 5.82 Å². The number of rotatable bonds is 1. The van der Waals surface area contributed by atoms with Gasteiger partial charge in [0.2, 0.25) is 0 Å². The second-order valence-electron chi connectivity index (χ2n) is 4.71. The molecule has 2 saturated heterocycles. The van der Waals surface area contributed by atoms with Crippen LogP contribution < -0.4 is 10.2 Å². The second kappa shape index (κ2) is 3.57. The molecule has 3 nitrogen and oxygen atoms in total. The fourth-order valence-corrected chi connectivity index (χ4v) is 2.58. The van der Waals surface area contributed by atoms with E-state index in [0.29, 0.717) is 13.0 Å². The standard InChI is InChI=1S/C11H11F4N3/c12-10-4-8(17-6-10)5-18(10)9-3-7(1-2-16-9)11(13,14)15/h1-3,8,17H,4-6H2. The molecule has 3 rings (SSSR count). The Bertz CT molecular complexity index is 476. The van der Waals surface area contributed by atoms with Gasteiger partial charge in [-0.2, -0.15) is 13.2 Å². The van der Waals surface area contributed by atoms with Gasteiger partial charge < -0.3 is 10.2 Å². The maximum absolute atomic E-state index is 14.4. The minimum absolute atomic E-state index is 0.00802. The van der Waals surface area contributed by atoms with Gasteiger partial charge >= 0.3 is 6.18 Å². The topological polar surface area (TPSA) is 28.2 Å². The first-order valence-electron chi connectivity index (χ1n) is 5.62. The molecule has 2 bridgehead atoms. The molecular formula is C11H11F4N3. The molecule has 1 aromatic heterocycles. The van der Waals surface area contributed by atoms with Crippen LogP contribution in [0.4, 0.5) is 23.4 Å². The third-order valence-corrected chi connectivity index (χ3v) is 3.46. The summed E-state index contributed by atoms with van der Waals surface area (Å²) in [4.78, 5) is 5.18. The van der Waals surface area contributed by atoms with Crippen LogP contribution in [0.3, 0.4) is 0 Å². The number of pyridine rings is 1. The highest BCUT2D eigenvalue weighted by molar-refractivity contribution is 5.47. The van der Waals surface area contributed by atoms with E-state index < -0.39 is 17.5 Å². The minimum atomic E-state index is -4.43. The van der Waals surface area contributed by atoms with Crippen molar-refractivity contribution < 1.29 is 17.6 Å². The van der Waals surface area contributed by atoms with Crippen LogP contribution in [0.25, 0.3) is 0 Å². The molecular weight excluding hydrogens is 250 g/mol. The van der Waals surface area contributed by atoms with Crippen molar-refractivity contribution >= 4 is 5.82 Å². The lowest BCUT2D eigenvalue weighted by molar-refractivity contribution is -0.137. The number of nitrogens with one attached hydrogen (secondary N) is 1. The predicted octanol–water partition coefficient (Wildman–Crippen LogP) is 1.95. The van der Waals surface area contributed by atoms with Crippen molar-refractivity contribution in [2.75, 3.05) is 18.0 Å². The summed E-state index contributed by atoms with van der Waals surface area (Å²) in [7, 11) is 0. The van der Waals surface area contributed by atoms with E-state index >= 15 is 0 Å². The van der Waals surface area contributed by atoms with Crippen molar-refractivity contribution in [2.45, 2.75) is 24.4 Å². The molecule has 3 heterocycles. The third-order valence-electron chi connectivity index (χ3n) is 3.46. The van der Waals surface area contributed by atoms with E-state index in [4.69, 9.17) is 0 Å². The number of hydrogen-bond acceptors (Lipinski definition) is 3. The monoisotopic (exact) mass is 261 g/mol. The Morgan fingerprint density at radius 3 is 2.78 bits per heavy atom. The summed E-state index contributed by atoms with van der Waals surface area (Å²) >= 11 is 0. The normalized spacial score (nSPS) is 31.1. The van der Waals surface area contributed by atoms with Gasteiger partial charge in [-0.15, -0.1) is 0 Å². The zero-order valence-corrected chi connectivity index (χ0v) is 9.34. The van der Waals surface area contributed by atoms with Gasteiger partial charge in [0, 0.05) is 31.7 Å². The van der Waals surface area contributed by atoms with Crippen molar-refractivity contribution in [1.29, 1.82) is 0 Å². The van der Waals surface area contributed by atoms with Crippen LogP contribution in [0.2, 0.25) is 0 Å².